The van der Waals surface area contributed by atoms with Crippen molar-refractivity contribution in [3.8, 4) is 11.5 Å². The third kappa shape index (κ3) is 3.51. The van der Waals surface area contributed by atoms with Crippen LogP contribution < -0.4 is 9.47 Å². The van der Waals surface area contributed by atoms with E-state index in [9.17, 15) is 4.79 Å². The molecule has 0 spiro atoms. The average molecular weight is 287 g/mol. The third-order valence-corrected chi connectivity index (χ3v) is 3.04. The number of rotatable bonds is 5. The van der Waals surface area contributed by atoms with Gasteiger partial charge in [-0.1, -0.05) is 6.07 Å². The minimum Gasteiger partial charge on any atom is -0.493 e. The Morgan fingerprint density at radius 2 is 2.00 bits per heavy atom. The second-order valence-corrected chi connectivity index (χ2v) is 4.40. The predicted octanol–water partition coefficient (Wildman–Crippen LogP) is 3.02. The summed E-state index contributed by atoms with van der Waals surface area (Å²) in [4.78, 5) is 15.6. The Kier molecular flexibility index (Phi) is 4.77. The Morgan fingerprint density at radius 1 is 1.19 bits per heavy atom. The molecule has 0 aliphatic heterocycles. The maximum absolute atomic E-state index is 11.5. The molecule has 0 aliphatic rings. The SMILES string of the molecule is COC(=O)c1ccc(OC(C)c2cccnc2)c(OC)c1. The first-order valence-corrected chi connectivity index (χ1v) is 6.48. The van der Waals surface area contributed by atoms with Gasteiger partial charge in [-0.2, -0.15) is 0 Å². The van der Waals surface area contributed by atoms with Crippen LogP contribution in [0.5, 0.6) is 11.5 Å². The molecule has 110 valence electrons. The van der Waals surface area contributed by atoms with E-state index in [1.807, 2.05) is 19.1 Å². The van der Waals surface area contributed by atoms with Crippen molar-refractivity contribution in [1.29, 1.82) is 0 Å². The first-order valence-electron chi connectivity index (χ1n) is 6.48. The zero-order valence-corrected chi connectivity index (χ0v) is 12.2. The topological polar surface area (TPSA) is 57.7 Å². The summed E-state index contributed by atoms with van der Waals surface area (Å²) in [5.74, 6) is 0.621. The highest BCUT2D eigenvalue weighted by Crippen LogP contribution is 2.32. The van der Waals surface area contributed by atoms with Gasteiger partial charge in [-0.15, -0.1) is 0 Å². The Balaban J connectivity index is 2.22. The van der Waals surface area contributed by atoms with Gasteiger partial charge in [0.15, 0.2) is 11.5 Å². The zero-order chi connectivity index (χ0) is 15.2. The molecular weight excluding hydrogens is 270 g/mol. The Labute approximate surface area is 123 Å². The second-order valence-electron chi connectivity index (χ2n) is 4.40. The Hall–Kier alpha value is -2.56. The second kappa shape index (κ2) is 6.74. The van der Waals surface area contributed by atoms with Crippen molar-refractivity contribution < 1.29 is 19.0 Å². The number of pyridine rings is 1. The molecule has 1 unspecified atom stereocenters. The van der Waals surface area contributed by atoms with Crippen LogP contribution in [0.3, 0.4) is 0 Å². The lowest BCUT2D eigenvalue weighted by Gasteiger charge is -2.17. The molecule has 2 rings (SSSR count). The maximum atomic E-state index is 11.5. The lowest BCUT2D eigenvalue weighted by Crippen LogP contribution is -2.06. The van der Waals surface area contributed by atoms with E-state index in [1.165, 1.54) is 14.2 Å². The van der Waals surface area contributed by atoms with Gasteiger partial charge in [-0.3, -0.25) is 4.98 Å². The third-order valence-electron chi connectivity index (χ3n) is 3.04. The number of hydrogen-bond acceptors (Lipinski definition) is 5. The van der Waals surface area contributed by atoms with E-state index in [4.69, 9.17) is 9.47 Å². The van der Waals surface area contributed by atoms with Crippen LogP contribution in [-0.2, 0) is 4.74 Å². The fourth-order valence-corrected chi connectivity index (χ4v) is 1.88. The molecule has 1 atom stereocenters. The molecule has 0 bridgehead atoms. The van der Waals surface area contributed by atoms with Crippen molar-refractivity contribution >= 4 is 5.97 Å². The molecule has 0 saturated carbocycles. The van der Waals surface area contributed by atoms with Crippen LogP contribution in [0.1, 0.15) is 28.9 Å². The standard InChI is InChI=1S/C16H17NO4/c1-11(13-5-4-8-17-10-13)21-14-7-6-12(16(18)20-3)9-15(14)19-2/h4-11H,1-3H3. The lowest BCUT2D eigenvalue weighted by atomic mass is 10.1. The van der Waals surface area contributed by atoms with Crippen molar-refractivity contribution in [2.75, 3.05) is 14.2 Å². The smallest absolute Gasteiger partial charge is 0.337 e. The van der Waals surface area contributed by atoms with E-state index < -0.39 is 5.97 Å². The number of nitrogens with zero attached hydrogens (tertiary/aromatic N) is 1. The van der Waals surface area contributed by atoms with E-state index in [0.717, 1.165) is 5.56 Å². The minimum absolute atomic E-state index is 0.184. The molecule has 1 aromatic heterocycles. The largest absolute Gasteiger partial charge is 0.493 e. The monoisotopic (exact) mass is 287 g/mol. The van der Waals surface area contributed by atoms with Crippen molar-refractivity contribution in [3.05, 3.63) is 53.9 Å². The molecule has 2 aromatic rings. The van der Waals surface area contributed by atoms with Gasteiger partial charge >= 0.3 is 5.97 Å². The predicted molar refractivity (Wildman–Crippen MR) is 77.6 cm³/mol. The summed E-state index contributed by atoms with van der Waals surface area (Å²) in [6, 6.07) is 8.72. The average Bonchev–Trinajstić information content (AvgIpc) is 2.55. The van der Waals surface area contributed by atoms with Crippen LogP contribution in [0.2, 0.25) is 0 Å². The van der Waals surface area contributed by atoms with Crippen molar-refractivity contribution in [3.63, 3.8) is 0 Å². The maximum Gasteiger partial charge on any atom is 0.337 e. The molecule has 0 saturated heterocycles. The molecule has 21 heavy (non-hydrogen) atoms. The van der Waals surface area contributed by atoms with Gasteiger partial charge in [0, 0.05) is 18.0 Å². The number of carbonyl (C=O) groups is 1. The van der Waals surface area contributed by atoms with E-state index in [2.05, 4.69) is 9.72 Å². The molecule has 0 N–H and O–H groups in total. The first-order chi connectivity index (χ1) is 10.2. The van der Waals surface area contributed by atoms with Gasteiger partial charge < -0.3 is 14.2 Å². The van der Waals surface area contributed by atoms with Gasteiger partial charge in [0.1, 0.15) is 6.10 Å². The normalized spacial score (nSPS) is 11.6. The van der Waals surface area contributed by atoms with Gasteiger partial charge in [-0.25, -0.2) is 4.79 Å². The highest BCUT2D eigenvalue weighted by Gasteiger charge is 2.14. The summed E-state index contributed by atoms with van der Waals surface area (Å²) < 4.78 is 15.8. The highest BCUT2D eigenvalue weighted by molar-refractivity contribution is 5.90. The summed E-state index contributed by atoms with van der Waals surface area (Å²) >= 11 is 0. The Morgan fingerprint density at radius 3 is 2.62 bits per heavy atom. The quantitative estimate of drug-likeness (QED) is 0.791. The molecular formula is C16H17NO4. The van der Waals surface area contributed by atoms with Crippen LogP contribution in [0.4, 0.5) is 0 Å². The molecule has 1 heterocycles. The zero-order valence-electron chi connectivity index (χ0n) is 12.2. The van der Waals surface area contributed by atoms with E-state index in [0.29, 0.717) is 17.1 Å². The van der Waals surface area contributed by atoms with Crippen LogP contribution in [0, 0.1) is 0 Å². The van der Waals surface area contributed by atoms with Crippen LogP contribution in [0.15, 0.2) is 42.7 Å². The first kappa shape index (κ1) is 14.8. The van der Waals surface area contributed by atoms with Gasteiger partial charge in [0.05, 0.1) is 19.8 Å². The van der Waals surface area contributed by atoms with Crippen molar-refractivity contribution in [1.82, 2.24) is 4.98 Å². The molecule has 1 aromatic carbocycles. The number of esters is 1. The summed E-state index contributed by atoms with van der Waals surface area (Å²) in [6.45, 7) is 1.92. The summed E-state index contributed by atoms with van der Waals surface area (Å²) in [7, 11) is 2.86. The van der Waals surface area contributed by atoms with Gasteiger partial charge in [0.2, 0.25) is 0 Å². The fraction of sp³-hybridized carbons (Fsp3) is 0.250. The molecule has 0 aliphatic carbocycles. The fourth-order valence-electron chi connectivity index (χ4n) is 1.88. The number of aromatic nitrogens is 1. The minimum atomic E-state index is -0.417. The molecule has 0 radical (unpaired) electrons. The molecule has 0 fully saturated rings. The van der Waals surface area contributed by atoms with Crippen LogP contribution in [0.25, 0.3) is 0 Å². The van der Waals surface area contributed by atoms with Crippen LogP contribution >= 0.6 is 0 Å². The summed E-state index contributed by atoms with van der Waals surface area (Å²) in [6.07, 6.45) is 3.28. The number of benzene rings is 1. The number of methoxy groups -OCH3 is 2. The Bertz CT molecular complexity index is 613. The summed E-state index contributed by atoms with van der Waals surface area (Å²) in [5, 5.41) is 0. The number of hydrogen-bond donors (Lipinski definition) is 0. The van der Waals surface area contributed by atoms with Gasteiger partial charge in [0.25, 0.3) is 0 Å². The lowest BCUT2D eigenvalue weighted by molar-refractivity contribution is 0.0600. The van der Waals surface area contributed by atoms with Gasteiger partial charge in [-0.05, 0) is 31.2 Å². The highest BCUT2D eigenvalue weighted by atomic mass is 16.5. The number of carbonyl (C=O) groups excluding carboxylic acids is 1. The van der Waals surface area contributed by atoms with E-state index >= 15 is 0 Å². The van der Waals surface area contributed by atoms with E-state index in [1.54, 1.807) is 30.6 Å². The van der Waals surface area contributed by atoms with Crippen molar-refractivity contribution in [2.24, 2.45) is 0 Å². The van der Waals surface area contributed by atoms with Crippen molar-refractivity contribution in [2.45, 2.75) is 13.0 Å². The molecule has 0 amide bonds. The molecule has 5 heteroatoms. The number of ether oxygens (including phenoxy) is 3. The van der Waals surface area contributed by atoms with E-state index in [-0.39, 0.29) is 6.10 Å². The molecule has 5 nitrogen and oxygen atoms in total. The summed E-state index contributed by atoms with van der Waals surface area (Å²) in [5.41, 5.74) is 1.37. The van der Waals surface area contributed by atoms with Crippen LogP contribution in [-0.4, -0.2) is 25.2 Å².